The highest BCUT2D eigenvalue weighted by Gasteiger charge is 2.13. The maximum Gasteiger partial charge on any atom is 0.253 e. The number of benzene rings is 2. The van der Waals surface area contributed by atoms with Gasteiger partial charge in [-0.25, -0.2) is 0 Å². The van der Waals surface area contributed by atoms with Crippen molar-refractivity contribution >= 4 is 28.2 Å². The third-order valence-electron chi connectivity index (χ3n) is 4.06. The smallest absolute Gasteiger partial charge is 0.253 e. The van der Waals surface area contributed by atoms with Crippen LogP contribution in [0.2, 0.25) is 5.02 Å². The van der Waals surface area contributed by atoms with Crippen molar-refractivity contribution in [2.75, 3.05) is 12.1 Å². The van der Waals surface area contributed by atoms with Crippen LogP contribution in [0.4, 0.5) is 5.69 Å². The Morgan fingerprint density at radius 1 is 1.17 bits per heavy atom. The molecule has 0 aliphatic carbocycles. The maximum absolute atomic E-state index is 12.3. The third kappa shape index (κ3) is 2.67. The third-order valence-corrected chi connectivity index (χ3v) is 4.46. The Morgan fingerprint density at radius 3 is 2.88 bits per heavy atom. The minimum absolute atomic E-state index is 0.129. The summed E-state index contributed by atoms with van der Waals surface area (Å²) in [6.45, 7) is 2.59. The van der Waals surface area contributed by atoms with Crippen molar-refractivity contribution in [1.29, 1.82) is 0 Å². The Bertz CT molecular complexity index is 997. The van der Waals surface area contributed by atoms with Crippen LogP contribution in [0.1, 0.15) is 11.1 Å². The fourth-order valence-corrected chi connectivity index (χ4v) is 2.89. The molecule has 2 aromatic carbocycles. The van der Waals surface area contributed by atoms with E-state index in [0.717, 1.165) is 27.9 Å². The molecule has 1 aliphatic rings. The lowest BCUT2D eigenvalue weighted by molar-refractivity contribution is 0.174. The minimum atomic E-state index is -0.129. The lowest BCUT2D eigenvalue weighted by atomic mass is 10.1. The van der Waals surface area contributed by atoms with Crippen molar-refractivity contribution < 1.29 is 9.47 Å². The number of ether oxygens (including phenoxy) is 2. The number of nitrogens with one attached hydrogen (secondary N) is 2. The molecule has 1 aliphatic heterocycles. The number of aromatic amines is 1. The summed E-state index contributed by atoms with van der Waals surface area (Å²) in [5, 5.41) is 4.84. The van der Waals surface area contributed by atoms with E-state index >= 15 is 0 Å². The van der Waals surface area contributed by atoms with Gasteiger partial charge in [0.05, 0.1) is 0 Å². The highest BCUT2D eigenvalue weighted by molar-refractivity contribution is 6.32. The molecule has 24 heavy (non-hydrogen) atoms. The van der Waals surface area contributed by atoms with E-state index in [0.29, 0.717) is 22.9 Å². The van der Waals surface area contributed by atoms with E-state index < -0.39 is 0 Å². The molecule has 0 radical (unpaired) electrons. The molecular formula is C18H15ClN2O3. The number of hydrogen-bond acceptors (Lipinski definition) is 4. The number of pyridine rings is 1. The lowest BCUT2D eigenvalue weighted by Gasteiger charge is -2.09. The molecule has 0 amide bonds. The van der Waals surface area contributed by atoms with Crippen LogP contribution in [0, 0.1) is 6.92 Å². The van der Waals surface area contributed by atoms with Crippen LogP contribution < -0.4 is 20.3 Å². The van der Waals surface area contributed by atoms with Crippen LogP contribution in [-0.4, -0.2) is 11.8 Å². The molecule has 0 fully saturated rings. The average molecular weight is 343 g/mol. The van der Waals surface area contributed by atoms with Crippen LogP contribution in [0.15, 0.2) is 41.2 Å². The second-order valence-corrected chi connectivity index (χ2v) is 6.14. The number of H-pyrrole nitrogens is 1. The van der Waals surface area contributed by atoms with E-state index in [4.69, 9.17) is 21.1 Å². The quantitative estimate of drug-likeness (QED) is 0.759. The molecule has 3 aromatic rings. The predicted molar refractivity (Wildman–Crippen MR) is 94.2 cm³/mol. The van der Waals surface area contributed by atoms with Crippen molar-refractivity contribution in [3.8, 4) is 11.5 Å². The summed E-state index contributed by atoms with van der Waals surface area (Å²) >= 11 is 6.11. The first-order valence-electron chi connectivity index (χ1n) is 7.56. The maximum atomic E-state index is 12.3. The number of anilines is 1. The molecule has 0 saturated carbocycles. The summed E-state index contributed by atoms with van der Waals surface area (Å²) in [6.07, 6.45) is 0. The summed E-state index contributed by atoms with van der Waals surface area (Å²) in [6, 6.07) is 11.2. The first kappa shape index (κ1) is 14.9. The summed E-state index contributed by atoms with van der Waals surface area (Å²) in [7, 11) is 0. The van der Waals surface area contributed by atoms with Gasteiger partial charge in [0.1, 0.15) is 0 Å². The molecule has 2 N–H and O–H groups in total. The SMILES string of the molecule is Cc1cc2cc(CNc3ccc4c(c3)OCO4)c(=O)[nH]c2cc1Cl. The molecule has 6 heteroatoms. The largest absolute Gasteiger partial charge is 0.454 e. The van der Waals surface area contributed by atoms with Crippen LogP contribution in [-0.2, 0) is 6.54 Å². The summed E-state index contributed by atoms with van der Waals surface area (Å²) in [5.74, 6) is 1.44. The van der Waals surface area contributed by atoms with E-state index in [1.54, 1.807) is 6.07 Å². The van der Waals surface area contributed by atoms with Crippen molar-refractivity contribution in [3.63, 3.8) is 0 Å². The van der Waals surface area contributed by atoms with Crippen molar-refractivity contribution in [2.24, 2.45) is 0 Å². The highest BCUT2D eigenvalue weighted by atomic mass is 35.5. The summed E-state index contributed by atoms with van der Waals surface area (Å²) < 4.78 is 10.6. The Morgan fingerprint density at radius 2 is 2.00 bits per heavy atom. The van der Waals surface area contributed by atoms with Crippen LogP contribution >= 0.6 is 11.6 Å². The van der Waals surface area contributed by atoms with Gasteiger partial charge in [-0.05, 0) is 48.2 Å². The zero-order chi connectivity index (χ0) is 16.7. The van der Waals surface area contributed by atoms with Gasteiger partial charge < -0.3 is 19.8 Å². The van der Waals surface area contributed by atoms with Gasteiger partial charge in [0.25, 0.3) is 5.56 Å². The van der Waals surface area contributed by atoms with Crippen LogP contribution in [0.3, 0.4) is 0 Å². The van der Waals surface area contributed by atoms with Gasteiger partial charge in [-0.3, -0.25) is 4.79 Å². The summed E-state index contributed by atoms with van der Waals surface area (Å²) in [4.78, 5) is 15.1. The topological polar surface area (TPSA) is 63.4 Å². The summed E-state index contributed by atoms with van der Waals surface area (Å²) in [5.41, 5.74) is 3.11. The van der Waals surface area contributed by atoms with Gasteiger partial charge in [-0.15, -0.1) is 0 Å². The second-order valence-electron chi connectivity index (χ2n) is 5.73. The number of fused-ring (bicyclic) bond motifs is 2. The Hall–Kier alpha value is -2.66. The monoisotopic (exact) mass is 342 g/mol. The van der Waals surface area contributed by atoms with E-state index in [1.807, 2.05) is 37.3 Å². The molecule has 0 unspecified atom stereocenters. The number of hydrogen-bond donors (Lipinski definition) is 2. The second kappa shape index (κ2) is 5.76. The van der Waals surface area contributed by atoms with Gasteiger partial charge in [-0.2, -0.15) is 0 Å². The highest BCUT2D eigenvalue weighted by Crippen LogP contribution is 2.34. The van der Waals surface area contributed by atoms with Crippen LogP contribution in [0.25, 0.3) is 10.9 Å². The number of aromatic nitrogens is 1. The minimum Gasteiger partial charge on any atom is -0.454 e. The van der Waals surface area contributed by atoms with E-state index in [-0.39, 0.29) is 12.4 Å². The molecule has 0 bridgehead atoms. The number of aryl methyl sites for hydroxylation is 1. The van der Waals surface area contributed by atoms with E-state index in [2.05, 4.69) is 10.3 Å². The molecule has 0 spiro atoms. The normalized spacial score (nSPS) is 12.6. The van der Waals surface area contributed by atoms with E-state index in [9.17, 15) is 4.79 Å². The van der Waals surface area contributed by atoms with Crippen molar-refractivity contribution in [1.82, 2.24) is 4.98 Å². The first-order valence-corrected chi connectivity index (χ1v) is 7.93. The standard InChI is InChI=1S/C18H15ClN2O3/c1-10-4-11-5-12(18(22)21-15(11)7-14(10)19)8-20-13-2-3-16-17(6-13)24-9-23-16/h2-7,20H,8-9H2,1H3,(H,21,22). The zero-order valence-corrected chi connectivity index (χ0v) is 13.7. The zero-order valence-electron chi connectivity index (χ0n) is 13.0. The van der Waals surface area contributed by atoms with Gasteiger partial charge in [0, 0.05) is 34.4 Å². The van der Waals surface area contributed by atoms with Gasteiger partial charge in [-0.1, -0.05) is 11.6 Å². The van der Waals surface area contributed by atoms with Crippen LogP contribution in [0.5, 0.6) is 11.5 Å². The molecule has 4 rings (SSSR count). The number of halogens is 1. The van der Waals surface area contributed by atoms with E-state index in [1.165, 1.54) is 0 Å². The Balaban J connectivity index is 1.61. The Kier molecular flexibility index (Phi) is 3.58. The first-order chi connectivity index (χ1) is 11.6. The van der Waals surface area contributed by atoms with Crippen molar-refractivity contribution in [2.45, 2.75) is 13.5 Å². The fourth-order valence-electron chi connectivity index (χ4n) is 2.72. The van der Waals surface area contributed by atoms with Gasteiger partial charge in [0.15, 0.2) is 11.5 Å². The molecule has 0 saturated heterocycles. The van der Waals surface area contributed by atoms with Crippen molar-refractivity contribution in [3.05, 3.63) is 62.9 Å². The molecule has 0 atom stereocenters. The molecule has 2 heterocycles. The van der Waals surface area contributed by atoms with Gasteiger partial charge in [0.2, 0.25) is 6.79 Å². The lowest BCUT2D eigenvalue weighted by Crippen LogP contribution is -2.15. The van der Waals surface area contributed by atoms with Gasteiger partial charge >= 0.3 is 0 Å². The molecular weight excluding hydrogens is 328 g/mol. The fraction of sp³-hybridized carbons (Fsp3) is 0.167. The molecule has 1 aromatic heterocycles. The molecule has 122 valence electrons. The Labute approximate surface area is 143 Å². The molecule has 5 nitrogen and oxygen atoms in total. The predicted octanol–water partition coefficient (Wildman–Crippen LogP) is 3.83. The average Bonchev–Trinajstić information content (AvgIpc) is 3.02. The number of rotatable bonds is 3.